The van der Waals surface area contributed by atoms with Crippen molar-refractivity contribution < 1.29 is 14.4 Å². The highest BCUT2D eigenvalue weighted by atomic mass is 16.5. The maximum absolute atomic E-state index is 13.1. The zero-order chi connectivity index (χ0) is 21.9. The SMILES string of the molecule is Cc1noc(C)c1-c1cc(C(O)C(C)C)c2[nH]c(=O)n3c2c1OCC3c1ccccn1. The normalized spacial score (nSPS) is 16.6. The molecule has 1 aliphatic rings. The molecule has 160 valence electrons. The van der Waals surface area contributed by atoms with Crippen LogP contribution >= 0.6 is 0 Å². The Morgan fingerprint density at radius 2 is 2.10 bits per heavy atom. The quantitative estimate of drug-likeness (QED) is 0.522. The third-order valence-electron chi connectivity index (χ3n) is 5.96. The molecule has 1 aromatic carbocycles. The van der Waals surface area contributed by atoms with Crippen LogP contribution in [0, 0.1) is 19.8 Å². The van der Waals surface area contributed by atoms with Gasteiger partial charge in [0.2, 0.25) is 0 Å². The molecule has 8 nitrogen and oxygen atoms in total. The Kier molecular flexibility index (Phi) is 4.48. The van der Waals surface area contributed by atoms with Crippen molar-refractivity contribution in [2.24, 2.45) is 5.92 Å². The molecular formula is C23H24N4O4. The molecule has 0 radical (unpaired) electrons. The van der Waals surface area contributed by atoms with Gasteiger partial charge in [-0.3, -0.25) is 9.55 Å². The van der Waals surface area contributed by atoms with Crippen molar-refractivity contribution in [3.05, 3.63) is 63.7 Å². The van der Waals surface area contributed by atoms with E-state index in [1.165, 1.54) is 0 Å². The number of aromatic amines is 1. The van der Waals surface area contributed by atoms with Gasteiger partial charge < -0.3 is 19.4 Å². The second-order valence-electron chi connectivity index (χ2n) is 8.34. The monoisotopic (exact) mass is 420 g/mol. The van der Waals surface area contributed by atoms with Crippen LogP contribution in [0.2, 0.25) is 0 Å². The molecule has 5 rings (SSSR count). The standard InChI is InChI=1S/C23H24N4O4/c1-11(2)21(28)15-9-14(18-12(3)26-31-13(18)4)22-20-19(15)25-23(29)27(20)17(10-30-22)16-7-5-6-8-24-16/h5-9,11,17,21,28H,10H2,1-4H3,(H,25,29). The lowest BCUT2D eigenvalue weighted by Gasteiger charge is -2.27. The zero-order valence-corrected chi connectivity index (χ0v) is 17.8. The maximum atomic E-state index is 13.1. The van der Waals surface area contributed by atoms with Gasteiger partial charge in [0.25, 0.3) is 0 Å². The Balaban J connectivity index is 1.87. The van der Waals surface area contributed by atoms with Gasteiger partial charge in [-0.1, -0.05) is 25.1 Å². The number of aryl methyl sites for hydroxylation is 2. The lowest BCUT2D eigenvalue weighted by atomic mass is 9.92. The molecule has 8 heteroatoms. The molecule has 4 heterocycles. The van der Waals surface area contributed by atoms with E-state index in [9.17, 15) is 9.90 Å². The first-order chi connectivity index (χ1) is 14.9. The van der Waals surface area contributed by atoms with Gasteiger partial charge in [-0.2, -0.15) is 0 Å². The van der Waals surface area contributed by atoms with Gasteiger partial charge in [-0.25, -0.2) is 4.79 Å². The van der Waals surface area contributed by atoms with Gasteiger partial charge in [-0.15, -0.1) is 0 Å². The molecule has 2 atom stereocenters. The summed E-state index contributed by atoms with van der Waals surface area (Å²) in [6, 6.07) is 7.12. The first kappa shape index (κ1) is 19.6. The summed E-state index contributed by atoms with van der Waals surface area (Å²) in [6.07, 6.45) is 0.934. The Morgan fingerprint density at radius 3 is 2.74 bits per heavy atom. The second kappa shape index (κ2) is 7.09. The first-order valence-corrected chi connectivity index (χ1v) is 10.3. The third-order valence-corrected chi connectivity index (χ3v) is 5.96. The van der Waals surface area contributed by atoms with E-state index in [0.717, 1.165) is 22.5 Å². The fourth-order valence-corrected chi connectivity index (χ4v) is 4.42. The molecule has 0 saturated carbocycles. The van der Waals surface area contributed by atoms with Crippen LogP contribution in [0.25, 0.3) is 22.2 Å². The summed E-state index contributed by atoms with van der Waals surface area (Å²) in [7, 11) is 0. The number of hydrogen-bond donors (Lipinski definition) is 2. The van der Waals surface area contributed by atoms with Crippen LogP contribution in [0.15, 0.2) is 39.8 Å². The predicted molar refractivity (Wildman–Crippen MR) is 115 cm³/mol. The van der Waals surface area contributed by atoms with E-state index < -0.39 is 6.10 Å². The van der Waals surface area contributed by atoms with Gasteiger partial charge >= 0.3 is 5.69 Å². The number of nitrogens with zero attached hydrogens (tertiary/aromatic N) is 3. The summed E-state index contributed by atoms with van der Waals surface area (Å²) in [5.74, 6) is 1.18. The molecule has 1 aliphatic heterocycles. The fourth-order valence-electron chi connectivity index (χ4n) is 4.42. The minimum atomic E-state index is -0.769. The third kappa shape index (κ3) is 2.90. The van der Waals surface area contributed by atoms with Gasteiger partial charge in [0.05, 0.1) is 28.6 Å². The van der Waals surface area contributed by atoms with Crippen molar-refractivity contribution in [3.8, 4) is 16.9 Å². The van der Waals surface area contributed by atoms with Crippen LogP contribution in [0.3, 0.4) is 0 Å². The number of benzene rings is 1. The molecule has 4 aromatic rings. The number of rotatable bonds is 4. The molecule has 3 aromatic heterocycles. The number of aliphatic hydroxyl groups excluding tert-OH is 1. The van der Waals surface area contributed by atoms with E-state index in [-0.39, 0.29) is 24.3 Å². The van der Waals surface area contributed by atoms with Gasteiger partial charge in [-0.05, 0) is 38.0 Å². The molecule has 2 unspecified atom stereocenters. The maximum Gasteiger partial charge on any atom is 0.327 e. The van der Waals surface area contributed by atoms with Crippen LogP contribution in [0.4, 0.5) is 0 Å². The number of aliphatic hydroxyl groups is 1. The molecule has 31 heavy (non-hydrogen) atoms. The number of H-pyrrole nitrogens is 1. The van der Waals surface area contributed by atoms with Crippen molar-refractivity contribution in [1.82, 2.24) is 19.7 Å². The Labute approximate surface area is 178 Å². The van der Waals surface area contributed by atoms with Crippen LogP contribution < -0.4 is 10.4 Å². The first-order valence-electron chi connectivity index (χ1n) is 10.3. The van der Waals surface area contributed by atoms with Gasteiger partial charge in [0.15, 0.2) is 5.75 Å². The van der Waals surface area contributed by atoms with E-state index in [1.54, 1.807) is 10.8 Å². The van der Waals surface area contributed by atoms with Crippen molar-refractivity contribution in [3.63, 3.8) is 0 Å². The summed E-state index contributed by atoms with van der Waals surface area (Å²) in [4.78, 5) is 20.5. The fraction of sp³-hybridized carbons (Fsp3) is 0.348. The highest BCUT2D eigenvalue weighted by Crippen LogP contribution is 2.45. The number of hydrogen-bond acceptors (Lipinski definition) is 6. The Morgan fingerprint density at radius 1 is 1.29 bits per heavy atom. The van der Waals surface area contributed by atoms with E-state index in [0.29, 0.717) is 28.1 Å². The van der Waals surface area contributed by atoms with Crippen molar-refractivity contribution >= 4 is 11.0 Å². The van der Waals surface area contributed by atoms with Crippen molar-refractivity contribution in [2.75, 3.05) is 6.61 Å². The van der Waals surface area contributed by atoms with E-state index in [2.05, 4.69) is 15.1 Å². The largest absolute Gasteiger partial charge is 0.488 e. The molecule has 0 fully saturated rings. The molecule has 2 N–H and O–H groups in total. The number of nitrogens with one attached hydrogen (secondary N) is 1. The van der Waals surface area contributed by atoms with E-state index >= 15 is 0 Å². The van der Waals surface area contributed by atoms with E-state index in [4.69, 9.17) is 9.26 Å². The van der Waals surface area contributed by atoms with E-state index in [1.807, 2.05) is 52.0 Å². The molecule has 0 aliphatic carbocycles. The molecule has 0 spiro atoms. The molecule has 0 amide bonds. The topological polar surface area (TPSA) is 106 Å². The predicted octanol–water partition coefficient (Wildman–Crippen LogP) is 3.67. The van der Waals surface area contributed by atoms with Gasteiger partial charge in [0, 0.05) is 17.3 Å². The highest BCUT2D eigenvalue weighted by molar-refractivity contribution is 5.95. The minimum absolute atomic E-state index is 0.0473. The molecule has 0 saturated heterocycles. The number of aromatic nitrogens is 4. The van der Waals surface area contributed by atoms with Crippen LogP contribution in [-0.2, 0) is 0 Å². The lowest BCUT2D eigenvalue weighted by Crippen LogP contribution is -2.31. The summed E-state index contributed by atoms with van der Waals surface area (Å²) < 4.78 is 13.4. The van der Waals surface area contributed by atoms with Gasteiger partial charge in [0.1, 0.15) is 23.9 Å². The van der Waals surface area contributed by atoms with Crippen LogP contribution in [0.5, 0.6) is 5.75 Å². The van der Waals surface area contributed by atoms with Crippen LogP contribution in [-0.4, -0.2) is 31.4 Å². The highest BCUT2D eigenvalue weighted by Gasteiger charge is 2.33. The summed E-state index contributed by atoms with van der Waals surface area (Å²) in [5, 5.41) is 15.1. The second-order valence-corrected chi connectivity index (χ2v) is 8.34. The lowest BCUT2D eigenvalue weighted by molar-refractivity contribution is 0.128. The molecular weight excluding hydrogens is 396 g/mol. The smallest absolute Gasteiger partial charge is 0.327 e. The Hall–Kier alpha value is -3.39. The number of pyridine rings is 1. The molecule has 0 bridgehead atoms. The summed E-state index contributed by atoms with van der Waals surface area (Å²) in [5.41, 5.74) is 4.61. The van der Waals surface area contributed by atoms with Crippen molar-refractivity contribution in [1.29, 1.82) is 0 Å². The number of ether oxygens (including phenoxy) is 1. The Bertz CT molecular complexity index is 1310. The van der Waals surface area contributed by atoms with Crippen LogP contribution in [0.1, 0.15) is 48.7 Å². The minimum Gasteiger partial charge on any atom is -0.488 e. The summed E-state index contributed by atoms with van der Waals surface area (Å²) in [6.45, 7) is 7.85. The average molecular weight is 420 g/mol. The zero-order valence-electron chi connectivity index (χ0n) is 17.8. The average Bonchev–Trinajstić information content (AvgIpc) is 3.29. The number of imidazole rings is 1. The van der Waals surface area contributed by atoms with Crippen molar-refractivity contribution in [2.45, 2.75) is 39.8 Å². The summed E-state index contributed by atoms with van der Waals surface area (Å²) >= 11 is 0.